The maximum Gasteiger partial charge on any atom is 0.237 e. The van der Waals surface area contributed by atoms with E-state index < -0.39 is 17.1 Å². The lowest BCUT2D eigenvalue weighted by Gasteiger charge is -2.43. The van der Waals surface area contributed by atoms with Gasteiger partial charge in [-0.05, 0) is 63.4 Å². The zero-order valence-corrected chi connectivity index (χ0v) is 18.9. The number of aromatic nitrogens is 3. The second kappa shape index (κ2) is 7.43. The number of fused-ring (bicyclic) bond motifs is 1. The Labute approximate surface area is 185 Å². The van der Waals surface area contributed by atoms with Gasteiger partial charge in [-0.15, -0.1) is 5.10 Å². The van der Waals surface area contributed by atoms with Crippen LogP contribution in [0, 0.1) is 0 Å². The van der Waals surface area contributed by atoms with Gasteiger partial charge in [0, 0.05) is 6.07 Å². The quantitative estimate of drug-likeness (QED) is 0.552. The first kappa shape index (κ1) is 21.5. The molecule has 1 saturated heterocycles. The van der Waals surface area contributed by atoms with E-state index in [1.807, 2.05) is 13.0 Å². The Morgan fingerprint density at radius 3 is 2.42 bits per heavy atom. The van der Waals surface area contributed by atoms with Crippen LogP contribution >= 0.6 is 11.6 Å². The molecule has 2 aromatic heterocycles. The van der Waals surface area contributed by atoms with Gasteiger partial charge in [0.1, 0.15) is 28.0 Å². The van der Waals surface area contributed by atoms with Crippen LogP contribution in [0.3, 0.4) is 0 Å². The molecule has 0 saturated carbocycles. The minimum absolute atomic E-state index is 0.253. The Balaban J connectivity index is 1.74. The average Bonchev–Trinajstić information content (AvgIpc) is 3.06. The Hall–Kier alpha value is -2.77. The van der Waals surface area contributed by atoms with E-state index in [2.05, 4.69) is 10.1 Å². The van der Waals surface area contributed by atoms with E-state index in [1.165, 1.54) is 4.52 Å². The lowest BCUT2D eigenvalue weighted by Crippen LogP contribution is -2.58. The number of aryl methyl sites for hydroxylation is 1. The summed E-state index contributed by atoms with van der Waals surface area (Å²) in [4.78, 5) is 30.5. The number of carbonyl (C=O) groups excluding carboxylic acids is 2. The highest BCUT2D eigenvalue weighted by Gasteiger charge is 2.53. The van der Waals surface area contributed by atoms with Crippen molar-refractivity contribution >= 4 is 28.8 Å². The van der Waals surface area contributed by atoms with E-state index in [0.717, 1.165) is 5.56 Å². The van der Waals surface area contributed by atoms with Gasteiger partial charge in [0.25, 0.3) is 0 Å². The molecule has 0 N–H and O–H groups in total. The van der Waals surface area contributed by atoms with Gasteiger partial charge in [0.2, 0.25) is 5.88 Å². The highest BCUT2D eigenvalue weighted by Crippen LogP contribution is 2.40. The highest BCUT2D eigenvalue weighted by molar-refractivity contribution is 6.29. The molecule has 8 heteroatoms. The fourth-order valence-corrected chi connectivity index (χ4v) is 4.25. The molecule has 0 aliphatic carbocycles. The number of hydrogen-bond acceptors (Lipinski definition) is 6. The van der Waals surface area contributed by atoms with E-state index in [1.54, 1.807) is 58.2 Å². The molecule has 7 nitrogen and oxygen atoms in total. The normalized spacial score (nSPS) is 18.5. The fraction of sp³-hybridized carbons (Fsp3) is 0.391. The molecule has 1 aliphatic heterocycles. The van der Waals surface area contributed by atoms with Gasteiger partial charge < -0.3 is 9.47 Å². The monoisotopic (exact) mass is 441 g/mol. The van der Waals surface area contributed by atoms with E-state index in [4.69, 9.17) is 21.1 Å². The Morgan fingerprint density at radius 2 is 1.77 bits per heavy atom. The zero-order chi connectivity index (χ0) is 22.6. The maximum atomic E-state index is 13.2. The van der Waals surface area contributed by atoms with Gasteiger partial charge >= 0.3 is 0 Å². The first-order valence-corrected chi connectivity index (χ1v) is 10.5. The Kier molecular flexibility index (Phi) is 5.14. The zero-order valence-electron chi connectivity index (χ0n) is 18.1. The second-order valence-corrected chi connectivity index (χ2v) is 9.03. The Morgan fingerprint density at radius 1 is 1.10 bits per heavy atom. The van der Waals surface area contributed by atoms with E-state index >= 15 is 0 Å². The SMILES string of the molecule is CCc1ccc(Oc2ccc3nc(Cl)cn3n2)cc1C1C(=O)C(C)(C)OC(C)(C)C1=O. The van der Waals surface area contributed by atoms with Crippen LogP contribution in [0.5, 0.6) is 11.6 Å². The summed E-state index contributed by atoms with van der Waals surface area (Å²) in [7, 11) is 0. The molecule has 1 fully saturated rings. The number of Topliss-reactive ketones (excluding diaryl/α,β-unsaturated/α-hetero) is 2. The van der Waals surface area contributed by atoms with Crippen LogP contribution in [0.25, 0.3) is 5.65 Å². The molecule has 0 amide bonds. The summed E-state index contributed by atoms with van der Waals surface area (Å²) >= 11 is 5.92. The van der Waals surface area contributed by atoms with Crippen LogP contribution in [0.2, 0.25) is 5.15 Å². The lowest BCUT2D eigenvalue weighted by molar-refractivity contribution is -0.184. The van der Waals surface area contributed by atoms with Gasteiger partial charge in [-0.3, -0.25) is 9.59 Å². The van der Waals surface area contributed by atoms with Crippen LogP contribution in [0.1, 0.15) is 51.7 Å². The van der Waals surface area contributed by atoms with Crippen molar-refractivity contribution in [1.29, 1.82) is 0 Å². The molecule has 0 radical (unpaired) electrons. The molecule has 0 atom stereocenters. The average molecular weight is 442 g/mol. The van der Waals surface area contributed by atoms with Crippen LogP contribution in [-0.4, -0.2) is 37.4 Å². The maximum absolute atomic E-state index is 13.2. The number of benzene rings is 1. The van der Waals surface area contributed by atoms with Gasteiger partial charge in [-0.25, -0.2) is 9.50 Å². The highest BCUT2D eigenvalue weighted by atomic mass is 35.5. The molecule has 31 heavy (non-hydrogen) atoms. The van der Waals surface area contributed by atoms with Crippen molar-refractivity contribution in [3.63, 3.8) is 0 Å². The van der Waals surface area contributed by atoms with Crippen molar-refractivity contribution in [3.8, 4) is 11.6 Å². The third-order valence-corrected chi connectivity index (χ3v) is 5.70. The number of ketones is 2. The fourth-order valence-electron chi connectivity index (χ4n) is 4.07. The molecule has 0 bridgehead atoms. The summed E-state index contributed by atoms with van der Waals surface area (Å²) in [5.41, 5.74) is 0.0138. The molecule has 3 aromatic rings. The molecule has 3 heterocycles. The smallest absolute Gasteiger partial charge is 0.237 e. The van der Waals surface area contributed by atoms with Crippen molar-refractivity contribution in [2.75, 3.05) is 0 Å². The van der Waals surface area contributed by atoms with Crippen molar-refractivity contribution in [1.82, 2.24) is 14.6 Å². The minimum Gasteiger partial charge on any atom is -0.438 e. The molecule has 162 valence electrons. The molecular formula is C23H24ClN3O4. The summed E-state index contributed by atoms with van der Waals surface area (Å²) in [5, 5.41) is 4.68. The summed E-state index contributed by atoms with van der Waals surface area (Å²) in [5.74, 6) is -0.609. The predicted octanol–water partition coefficient (Wildman–Crippen LogP) is 4.55. The molecule has 1 aromatic carbocycles. The topological polar surface area (TPSA) is 82.8 Å². The van der Waals surface area contributed by atoms with Crippen molar-refractivity contribution in [3.05, 3.63) is 52.8 Å². The predicted molar refractivity (Wildman–Crippen MR) is 116 cm³/mol. The van der Waals surface area contributed by atoms with Gasteiger partial charge in [-0.1, -0.05) is 24.6 Å². The minimum atomic E-state index is -1.07. The van der Waals surface area contributed by atoms with Gasteiger partial charge in [0.15, 0.2) is 17.2 Å². The molecule has 1 aliphatic rings. The van der Waals surface area contributed by atoms with Crippen molar-refractivity contribution in [2.24, 2.45) is 0 Å². The largest absolute Gasteiger partial charge is 0.438 e. The number of rotatable bonds is 4. The summed E-state index contributed by atoms with van der Waals surface area (Å²) in [6.45, 7) is 8.81. The number of nitrogens with zero attached hydrogens (tertiary/aromatic N) is 3. The molecular weight excluding hydrogens is 418 g/mol. The number of ether oxygens (including phenoxy) is 2. The standard InChI is InChI=1S/C23H24ClN3O4/c1-6-13-7-8-14(30-18-10-9-17-25-16(24)12-27(17)26-18)11-15(13)19-20(28)22(2,3)31-23(4,5)21(19)29/h7-12,19H,6H2,1-5H3. The third-order valence-electron chi connectivity index (χ3n) is 5.52. The first-order valence-electron chi connectivity index (χ1n) is 10.1. The summed E-state index contributed by atoms with van der Waals surface area (Å²) < 4.78 is 13.3. The molecule has 0 unspecified atom stereocenters. The van der Waals surface area contributed by atoms with Crippen LogP contribution in [-0.2, 0) is 20.7 Å². The van der Waals surface area contributed by atoms with E-state index in [-0.39, 0.29) is 11.6 Å². The Bertz CT molecular complexity index is 1170. The van der Waals surface area contributed by atoms with Crippen LogP contribution in [0.15, 0.2) is 36.5 Å². The number of carbonyl (C=O) groups is 2. The summed E-state index contributed by atoms with van der Waals surface area (Å²) in [6.07, 6.45) is 2.25. The van der Waals surface area contributed by atoms with Gasteiger partial charge in [-0.2, -0.15) is 0 Å². The van der Waals surface area contributed by atoms with E-state index in [9.17, 15) is 9.59 Å². The third kappa shape index (κ3) is 3.83. The lowest BCUT2D eigenvalue weighted by atomic mass is 9.73. The summed E-state index contributed by atoms with van der Waals surface area (Å²) in [6, 6.07) is 8.87. The van der Waals surface area contributed by atoms with Crippen LogP contribution < -0.4 is 4.74 Å². The number of halogens is 1. The molecule has 4 rings (SSSR count). The van der Waals surface area contributed by atoms with Crippen LogP contribution in [0.4, 0.5) is 0 Å². The number of imidazole rings is 1. The van der Waals surface area contributed by atoms with Crippen molar-refractivity contribution in [2.45, 2.75) is 58.2 Å². The molecule has 0 spiro atoms. The van der Waals surface area contributed by atoms with Gasteiger partial charge in [0.05, 0.1) is 6.20 Å². The van der Waals surface area contributed by atoms with E-state index in [0.29, 0.717) is 34.4 Å². The van der Waals surface area contributed by atoms with Crippen molar-refractivity contribution < 1.29 is 19.1 Å². The first-order chi connectivity index (χ1) is 14.5. The number of hydrogen-bond donors (Lipinski definition) is 0. The second-order valence-electron chi connectivity index (χ2n) is 8.64.